The van der Waals surface area contributed by atoms with E-state index in [4.69, 9.17) is 4.74 Å². The number of hydrogen-bond donors (Lipinski definition) is 0. The Bertz CT molecular complexity index is 970. The summed E-state index contributed by atoms with van der Waals surface area (Å²) in [6, 6.07) is 12.1. The van der Waals surface area contributed by atoms with Gasteiger partial charge in [-0.15, -0.1) is 11.8 Å². The molecule has 1 saturated heterocycles. The number of fused-ring (bicyclic) bond motifs is 1. The lowest BCUT2D eigenvalue weighted by molar-refractivity contribution is 0.0915. The third-order valence-electron chi connectivity index (χ3n) is 4.56. The lowest BCUT2D eigenvalue weighted by Gasteiger charge is -2.24. The Hall–Kier alpha value is -1.96. The first-order valence-corrected chi connectivity index (χ1v) is 10.8. The van der Waals surface area contributed by atoms with Gasteiger partial charge in [-0.3, -0.25) is 9.69 Å². The molecule has 1 amide bonds. The van der Waals surface area contributed by atoms with Crippen molar-refractivity contribution in [2.45, 2.75) is 23.8 Å². The third-order valence-corrected chi connectivity index (χ3v) is 6.40. The lowest BCUT2D eigenvalue weighted by atomic mass is 10.1. The summed E-state index contributed by atoms with van der Waals surface area (Å²) in [5, 5.41) is 0.576. The zero-order valence-electron chi connectivity index (χ0n) is 14.9. The number of halogens is 1. The van der Waals surface area contributed by atoms with Crippen molar-refractivity contribution in [3.05, 3.63) is 53.8 Å². The fraction of sp³-hybridized carbons (Fsp3) is 0.300. The van der Waals surface area contributed by atoms with Crippen molar-refractivity contribution >= 4 is 44.4 Å². The fourth-order valence-corrected chi connectivity index (χ4v) is 4.80. The molecule has 1 aliphatic rings. The Morgan fingerprint density at radius 2 is 2.22 bits per heavy atom. The maximum Gasteiger partial charge on any atom is 0.261 e. The number of thioether (sulfide) groups is 1. The summed E-state index contributed by atoms with van der Waals surface area (Å²) < 4.78 is 20.1. The zero-order valence-corrected chi connectivity index (χ0v) is 16.5. The zero-order chi connectivity index (χ0) is 18.8. The van der Waals surface area contributed by atoms with Crippen LogP contribution in [0.3, 0.4) is 0 Å². The lowest BCUT2D eigenvalue weighted by Crippen LogP contribution is -2.37. The van der Waals surface area contributed by atoms with E-state index in [1.54, 1.807) is 22.7 Å². The number of thiazole rings is 1. The van der Waals surface area contributed by atoms with Crippen LogP contribution in [0.1, 0.15) is 23.2 Å². The highest BCUT2D eigenvalue weighted by molar-refractivity contribution is 7.98. The number of rotatable bonds is 5. The molecular formula is C20H19FN2O2S2. The fourth-order valence-electron chi connectivity index (χ4n) is 3.21. The van der Waals surface area contributed by atoms with E-state index in [0.717, 1.165) is 29.0 Å². The monoisotopic (exact) mass is 402 g/mol. The van der Waals surface area contributed by atoms with Gasteiger partial charge in [-0.25, -0.2) is 9.37 Å². The van der Waals surface area contributed by atoms with E-state index < -0.39 is 0 Å². The maximum absolute atomic E-state index is 13.6. The molecule has 7 heteroatoms. The molecular weight excluding hydrogens is 383 g/mol. The molecule has 0 aliphatic carbocycles. The van der Waals surface area contributed by atoms with Crippen molar-refractivity contribution in [1.29, 1.82) is 0 Å². The number of amides is 1. The summed E-state index contributed by atoms with van der Waals surface area (Å²) >= 11 is 2.87. The Kier molecular flexibility index (Phi) is 5.43. The highest BCUT2D eigenvalue weighted by Gasteiger charge is 2.28. The second-order valence-electron chi connectivity index (χ2n) is 6.36. The van der Waals surface area contributed by atoms with Gasteiger partial charge in [0.05, 0.1) is 28.4 Å². The summed E-state index contributed by atoms with van der Waals surface area (Å²) in [7, 11) is 0. The van der Waals surface area contributed by atoms with Crippen LogP contribution >= 0.6 is 23.1 Å². The SMILES string of the molecule is CSc1ccccc1C(=O)N(CC1CCCO1)c1nc2ccc(F)cc2s1. The molecule has 1 unspecified atom stereocenters. The Labute approximate surface area is 165 Å². The van der Waals surface area contributed by atoms with Crippen LogP contribution in [0.5, 0.6) is 0 Å². The van der Waals surface area contributed by atoms with Crippen molar-refractivity contribution in [2.75, 3.05) is 24.3 Å². The van der Waals surface area contributed by atoms with Crippen LogP contribution in [-0.2, 0) is 4.74 Å². The summed E-state index contributed by atoms with van der Waals surface area (Å²) in [6.45, 7) is 1.17. The highest BCUT2D eigenvalue weighted by atomic mass is 32.2. The second-order valence-corrected chi connectivity index (χ2v) is 8.22. The standard InChI is InChI=1S/C20H19FN2O2S2/c1-26-17-7-3-2-6-15(17)19(24)23(12-14-5-4-10-25-14)20-22-16-9-8-13(21)11-18(16)27-20/h2-3,6-9,11,14H,4-5,10,12H2,1H3. The van der Waals surface area contributed by atoms with Gasteiger partial charge < -0.3 is 4.74 Å². The first-order valence-electron chi connectivity index (χ1n) is 8.78. The van der Waals surface area contributed by atoms with Gasteiger partial charge in [0.1, 0.15) is 5.82 Å². The molecule has 1 fully saturated rings. The van der Waals surface area contributed by atoms with Crippen LogP contribution in [-0.4, -0.2) is 36.4 Å². The van der Waals surface area contributed by atoms with Gasteiger partial charge in [0.25, 0.3) is 5.91 Å². The molecule has 1 aliphatic heterocycles. The minimum Gasteiger partial charge on any atom is -0.376 e. The molecule has 3 aromatic rings. The molecule has 140 valence electrons. The molecule has 2 heterocycles. The quantitative estimate of drug-likeness (QED) is 0.564. The highest BCUT2D eigenvalue weighted by Crippen LogP contribution is 2.32. The van der Waals surface area contributed by atoms with E-state index in [1.165, 1.54) is 23.5 Å². The van der Waals surface area contributed by atoms with Crippen LogP contribution in [0.4, 0.5) is 9.52 Å². The molecule has 1 atom stereocenters. The normalized spacial score (nSPS) is 16.7. The average molecular weight is 403 g/mol. The van der Waals surface area contributed by atoms with E-state index in [1.807, 2.05) is 30.5 Å². The molecule has 0 radical (unpaired) electrons. The molecule has 0 saturated carbocycles. The van der Waals surface area contributed by atoms with Crippen LogP contribution in [0.2, 0.25) is 0 Å². The van der Waals surface area contributed by atoms with Gasteiger partial charge in [0.2, 0.25) is 0 Å². The van der Waals surface area contributed by atoms with Crippen molar-refractivity contribution in [1.82, 2.24) is 4.98 Å². The minimum absolute atomic E-state index is 0.000796. The average Bonchev–Trinajstić information content (AvgIpc) is 3.34. The Morgan fingerprint density at radius 1 is 1.37 bits per heavy atom. The summed E-state index contributed by atoms with van der Waals surface area (Å²) in [6.07, 6.45) is 3.88. The van der Waals surface area contributed by atoms with Crippen molar-refractivity contribution < 1.29 is 13.9 Å². The molecule has 27 heavy (non-hydrogen) atoms. The van der Waals surface area contributed by atoms with Gasteiger partial charge in [-0.05, 0) is 49.4 Å². The predicted molar refractivity (Wildman–Crippen MR) is 108 cm³/mol. The Balaban J connectivity index is 1.74. The van der Waals surface area contributed by atoms with Crippen molar-refractivity contribution in [2.24, 2.45) is 0 Å². The molecule has 4 nitrogen and oxygen atoms in total. The molecule has 0 bridgehead atoms. The number of carbonyl (C=O) groups is 1. The van der Waals surface area contributed by atoms with Gasteiger partial charge in [-0.1, -0.05) is 23.5 Å². The third kappa shape index (κ3) is 3.85. The summed E-state index contributed by atoms with van der Waals surface area (Å²) in [4.78, 5) is 20.6. The van der Waals surface area contributed by atoms with Crippen LogP contribution in [0, 0.1) is 5.82 Å². The van der Waals surface area contributed by atoms with Gasteiger partial charge in [0.15, 0.2) is 5.13 Å². The van der Waals surface area contributed by atoms with Crippen molar-refractivity contribution in [3.63, 3.8) is 0 Å². The van der Waals surface area contributed by atoms with Crippen LogP contribution in [0.25, 0.3) is 10.2 Å². The minimum atomic E-state index is -0.303. The van der Waals surface area contributed by atoms with E-state index in [9.17, 15) is 9.18 Å². The molecule has 0 N–H and O–H groups in total. The van der Waals surface area contributed by atoms with Crippen LogP contribution in [0.15, 0.2) is 47.4 Å². The largest absolute Gasteiger partial charge is 0.376 e. The molecule has 0 spiro atoms. The smallest absolute Gasteiger partial charge is 0.261 e. The van der Waals surface area contributed by atoms with E-state index in [-0.39, 0.29) is 17.8 Å². The number of anilines is 1. The van der Waals surface area contributed by atoms with Gasteiger partial charge >= 0.3 is 0 Å². The number of aromatic nitrogens is 1. The number of ether oxygens (including phenoxy) is 1. The first kappa shape index (κ1) is 18.4. The van der Waals surface area contributed by atoms with Crippen molar-refractivity contribution in [3.8, 4) is 0 Å². The van der Waals surface area contributed by atoms with E-state index >= 15 is 0 Å². The number of nitrogens with zero attached hydrogens (tertiary/aromatic N) is 2. The van der Waals surface area contributed by atoms with E-state index in [0.29, 0.717) is 22.8 Å². The molecule has 1 aromatic heterocycles. The number of hydrogen-bond acceptors (Lipinski definition) is 5. The second kappa shape index (κ2) is 7.96. The summed E-state index contributed by atoms with van der Waals surface area (Å²) in [5.41, 5.74) is 1.34. The maximum atomic E-state index is 13.6. The summed E-state index contributed by atoms with van der Waals surface area (Å²) in [5.74, 6) is -0.405. The van der Waals surface area contributed by atoms with Crippen LogP contribution < -0.4 is 4.90 Å². The molecule has 4 rings (SSSR count). The van der Waals surface area contributed by atoms with Gasteiger partial charge in [0, 0.05) is 11.5 Å². The Morgan fingerprint density at radius 3 is 3.00 bits per heavy atom. The van der Waals surface area contributed by atoms with E-state index in [2.05, 4.69) is 4.98 Å². The molecule has 2 aromatic carbocycles. The van der Waals surface area contributed by atoms with Gasteiger partial charge in [-0.2, -0.15) is 0 Å². The topological polar surface area (TPSA) is 42.4 Å². The number of benzene rings is 2. The first-order chi connectivity index (χ1) is 13.2. The number of carbonyl (C=O) groups excluding carboxylic acids is 1. The predicted octanol–water partition coefficient (Wildman–Crippen LogP) is 4.98.